The van der Waals surface area contributed by atoms with Crippen LogP contribution < -0.4 is 0 Å². The second-order valence-corrected chi connectivity index (χ2v) is 4.04. The number of carbonyl (C=O) groups excluding carboxylic acids is 1. The first kappa shape index (κ1) is 9.41. The Kier molecular flexibility index (Phi) is 1.96. The number of Topliss-reactive ketones (excluding diaryl/α,β-unsaturated/α-hetero) is 1. The second-order valence-electron chi connectivity index (χ2n) is 4.04. The Labute approximate surface area is 83.6 Å². The maximum atomic E-state index is 11.2. The molecule has 0 aromatic heterocycles. The highest BCUT2D eigenvalue weighted by molar-refractivity contribution is 6.11. The molecular weight excluding hydrogens is 176 g/mol. The number of benzene rings is 1. The summed E-state index contributed by atoms with van der Waals surface area (Å²) < 4.78 is 0. The van der Waals surface area contributed by atoms with Crippen molar-refractivity contribution in [2.75, 3.05) is 0 Å². The molecule has 1 aromatic rings. The van der Waals surface area contributed by atoms with Gasteiger partial charge in [0.05, 0.1) is 5.92 Å². The van der Waals surface area contributed by atoms with Crippen molar-refractivity contribution in [2.45, 2.75) is 31.8 Å². The molecule has 2 unspecified atom stereocenters. The van der Waals surface area contributed by atoms with Gasteiger partial charge in [-0.15, -0.1) is 0 Å². The third-order valence-corrected chi connectivity index (χ3v) is 2.96. The number of carbonyl (C=O) groups is 1. The summed E-state index contributed by atoms with van der Waals surface area (Å²) in [5, 5.41) is 9.59. The summed E-state index contributed by atoms with van der Waals surface area (Å²) in [5.41, 5.74) is 1.06. The maximum absolute atomic E-state index is 11.2. The van der Waals surface area contributed by atoms with E-state index in [1.807, 2.05) is 24.3 Å². The van der Waals surface area contributed by atoms with E-state index in [0.717, 1.165) is 12.0 Å². The summed E-state index contributed by atoms with van der Waals surface area (Å²) in [6, 6.07) is 7.89. The lowest BCUT2D eigenvalue weighted by atomic mass is 10.1. The van der Waals surface area contributed by atoms with Crippen LogP contribution in [0, 0.1) is 0 Å². The van der Waals surface area contributed by atoms with Crippen LogP contribution in [0.5, 0.6) is 0 Å². The van der Waals surface area contributed by atoms with Crippen molar-refractivity contribution in [3.63, 3.8) is 0 Å². The van der Waals surface area contributed by atoms with E-state index in [0.29, 0.717) is 0 Å². The molecule has 2 rings (SSSR count). The summed E-state index contributed by atoms with van der Waals surface area (Å²) in [4.78, 5) is 11.2. The van der Waals surface area contributed by atoms with Gasteiger partial charge in [0, 0.05) is 0 Å². The van der Waals surface area contributed by atoms with Crippen LogP contribution in [0.1, 0.15) is 30.9 Å². The van der Waals surface area contributed by atoms with Crippen molar-refractivity contribution in [3.8, 4) is 0 Å². The second kappa shape index (κ2) is 2.92. The lowest BCUT2D eigenvalue weighted by Crippen LogP contribution is -2.04. The zero-order valence-electron chi connectivity index (χ0n) is 8.45. The van der Waals surface area contributed by atoms with Gasteiger partial charge in [0.25, 0.3) is 0 Å². The fourth-order valence-corrected chi connectivity index (χ4v) is 1.82. The molecule has 1 saturated carbocycles. The fraction of sp³-hybridized carbons (Fsp3) is 0.417. The molecule has 0 heterocycles. The van der Waals surface area contributed by atoms with Gasteiger partial charge in [-0.2, -0.15) is 0 Å². The van der Waals surface area contributed by atoms with Crippen LogP contribution in [0.4, 0.5) is 0 Å². The minimum Gasteiger partial charge on any atom is -0.381 e. The highest BCUT2D eigenvalue weighted by Crippen LogP contribution is 2.46. The molecule has 1 N–H and O–H groups in total. The Balaban J connectivity index is 2.24. The molecule has 74 valence electrons. The molecule has 0 spiro atoms. The first-order chi connectivity index (χ1) is 6.57. The molecule has 0 radical (unpaired) electrons. The first-order valence-corrected chi connectivity index (χ1v) is 4.93. The van der Waals surface area contributed by atoms with Gasteiger partial charge in [-0.05, 0) is 24.5 Å². The average Bonchev–Trinajstić information content (AvgIpc) is 2.67. The normalized spacial score (nSPS) is 30.5. The monoisotopic (exact) mass is 190 g/mol. The van der Waals surface area contributed by atoms with Gasteiger partial charge >= 0.3 is 0 Å². The number of aliphatic hydroxyl groups is 1. The van der Waals surface area contributed by atoms with Gasteiger partial charge in [0.2, 0.25) is 0 Å². The van der Waals surface area contributed by atoms with Crippen molar-refractivity contribution in [3.05, 3.63) is 35.4 Å². The highest BCUT2D eigenvalue weighted by Gasteiger charge is 2.61. The average molecular weight is 190 g/mol. The Hall–Kier alpha value is -1.15. The first-order valence-electron chi connectivity index (χ1n) is 4.93. The van der Waals surface area contributed by atoms with Gasteiger partial charge in [0.15, 0.2) is 5.78 Å². The number of rotatable bonds is 2. The summed E-state index contributed by atoms with van der Waals surface area (Å²) in [6.07, 6.45) is 0.995. The predicted molar refractivity (Wildman–Crippen MR) is 54.2 cm³/mol. The molecule has 2 atom stereocenters. The van der Waals surface area contributed by atoms with Crippen LogP contribution >= 0.6 is 0 Å². The number of ketones is 1. The van der Waals surface area contributed by atoms with E-state index in [2.05, 4.69) is 6.92 Å². The lowest BCUT2D eigenvalue weighted by Gasteiger charge is -2.01. The third kappa shape index (κ3) is 1.26. The Bertz CT molecular complexity index is 362. The molecule has 2 nitrogen and oxygen atoms in total. The molecular formula is C12H14O2. The van der Waals surface area contributed by atoms with Crippen LogP contribution in [0.3, 0.4) is 0 Å². The number of hydrogen-bond donors (Lipinski definition) is 1. The summed E-state index contributed by atoms with van der Waals surface area (Å²) in [7, 11) is 0. The van der Waals surface area contributed by atoms with Gasteiger partial charge in [-0.25, -0.2) is 0 Å². The van der Waals surface area contributed by atoms with E-state index in [9.17, 15) is 9.90 Å². The molecule has 1 aromatic carbocycles. The zero-order chi connectivity index (χ0) is 10.3. The van der Waals surface area contributed by atoms with Crippen molar-refractivity contribution < 1.29 is 9.90 Å². The Morgan fingerprint density at radius 2 is 1.86 bits per heavy atom. The van der Waals surface area contributed by atoms with E-state index in [4.69, 9.17) is 0 Å². The quantitative estimate of drug-likeness (QED) is 0.770. The third-order valence-electron chi connectivity index (χ3n) is 2.96. The van der Waals surface area contributed by atoms with Crippen molar-refractivity contribution in [2.24, 2.45) is 0 Å². The van der Waals surface area contributed by atoms with Crippen LogP contribution in [0.25, 0.3) is 0 Å². The minimum atomic E-state index is -1.12. The van der Waals surface area contributed by atoms with E-state index >= 15 is 0 Å². The van der Waals surface area contributed by atoms with E-state index in [1.165, 1.54) is 5.56 Å². The largest absolute Gasteiger partial charge is 0.381 e. The Morgan fingerprint density at radius 3 is 2.21 bits per heavy atom. The van der Waals surface area contributed by atoms with Crippen LogP contribution in [-0.4, -0.2) is 16.5 Å². The van der Waals surface area contributed by atoms with E-state index in [1.54, 1.807) is 6.92 Å². The summed E-state index contributed by atoms with van der Waals surface area (Å²) >= 11 is 0. The number of hydrogen-bond acceptors (Lipinski definition) is 2. The molecule has 0 aliphatic heterocycles. The van der Waals surface area contributed by atoms with E-state index in [-0.39, 0.29) is 11.7 Å². The highest BCUT2D eigenvalue weighted by atomic mass is 16.3. The van der Waals surface area contributed by atoms with Crippen molar-refractivity contribution in [1.29, 1.82) is 0 Å². The molecule has 0 amide bonds. The molecule has 1 fully saturated rings. The molecule has 0 saturated heterocycles. The topological polar surface area (TPSA) is 37.3 Å². The van der Waals surface area contributed by atoms with Crippen LogP contribution in [0.2, 0.25) is 0 Å². The minimum absolute atomic E-state index is 0.0678. The van der Waals surface area contributed by atoms with Gasteiger partial charge in [-0.3, -0.25) is 4.79 Å². The molecule has 1 aliphatic rings. The number of aryl methyl sites for hydroxylation is 1. The van der Waals surface area contributed by atoms with Gasteiger partial charge < -0.3 is 5.11 Å². The van der Waals surface area contributed by atoms with Gasteiger partial charge in [0.1, 0.15) is 5.60 Å². The predicted octanol–water partition coefficient (Wildman–Crippen LogP) is 1.67. The molecule has 2 heteroatoms. The van der Waals surface area contributed by atoms with Crippen molar-refractivity contribution >= 4 is 5.78 Å². The molecule has 0 bridgehead atoms. The molecule has 14 heavy (non-hydrogen) atoms. The van der Waals surface area contributed by atoms with Crippen LogP contribution in [0.15, 0.2) is 24.3 Å². The summed E-state index contributed by atoms with van der Waals surface area (Å²) in [5.74, 6) is -0.366. The summed E-state index contributed by atoms with van der Waals surface area (Å²) in [6.45, 7) is 3.67. The Morgan fingerprint density at radius 1 is 1.36 bits per heavy atom. The van der Waals surface area contributed by atoms with E-state index < -0.39 is 5.60 Å². The van der Waals surface area contributed by atoms with Gasteiger partial charge in [-0.1, -0.05) is 31.2 Å². The standard InChI is InChI=1S/C12H14O2/c1-3-8-4-6-9(7-5-8)10-11(13)12(10,2)14/h4-7,10,14H,3H2,1-2H3. The molecule has 1 aliphatic carbocycles. The fourth-order valence-electron chi connectivity index (χ4n) is 1.82. The van der Waals surface area contributed by atoms with Crippen LogP contribution in [-0.2, 0) is 11.2 Å². The lowest BCUT2D eigenvalue weighted by molar-refractivity contribution is -0.115. The smallest absolute Gasteiger partial charge is 0.175 e. The van der Waals surface area contributed by atoms with Crippen molar-refractivity contribution in [1.82, 2.24) is 0 Å². The SMILES string of the molecule is CCc1ccc(C2C(=O)C2(C)O)cc1. The maximum Gasteiger partial charge on any atom is 0.175 e. The zero-order valence-corrected chi connectivity index (χ0v) is 8.45.